The summed E-state index contributed by atoms with van der Waals surface area (Å²) in [6.45, 7) is 6.26. The number of pyridine rings is 1. The van der Waals surface area contributed by atoms with Gasteiger partial charge in [-0.25, -0.2) is 0 Å². The molecule has 0 spiro atoms. The molecule has 2 aromatic carbocycles. The van der Waals surface area contributed by atoms with E-state index < -0.39 is 0 Å². The Morgan fingerprint density at radius 2 is 1.58 bits per heavy atom. The molecule has 0 N–H and O–H groups in total. The second-order valence-electron chi connectivity index (χ2n) is 7.23. The maximum absolute atomic E-state index is 9.87. The van der Waals surface area contributed by atoms with Crippen LogP contribution in [0.3, 0.4) is 0 Å². The highest BCUT2D eigenvalue weighted by Gasteiger charge is 2.24. The average molecular weight is 342 g/mol. The molecule has 0 aliphatic heterocycles. The van der Waals surface area contributed by atoms with Crippen LogP contribution in [0.25, 0.3) is 22.4 Å². The zero-order valence-corrected chi connectivity index (χ0v) is 15.6. The highest BCUT2D eigenvalue weighted by atomic mass is 16.5. The molecule has 0 atom stereocenters. The summed E-state index contributed by atoms with van der Waals surface area (Å²) in [7, 11) is 1.65. The summed E-state index contributed by atoms with van der Waals surface area (Å²) in [4.78, 5) is 4.86. The summed E-state index contributed by atoms with van der Waals surface area (Å²) < 4.78 is 5.26. The number of methoxy groups -OCH3 is 1. The van der Waals surface area contributed by atoms with Crippen molar-refractivity contribution in [2.24, 2.45) is 0 Å². The molecule has 3 rings (SSSR count). The summed E-state index contributed by atoms with van der Waals surface area (Å²) in [5.74, 6) is 0.792. The quantitative estimate of drug-likeness (QED) is 0.623. The first-order chi connectivity index (χ1) is 12.4. The Morgan fingerprint density at radius 3 is 2.12 bits per heavy atom. The molecule has 0 unspecified atom stereocenters. The molecule has 0 aliphatic rings. The molecule has 0 bridgehead atoms. The second kappa shape index (κ2) is 7.01. The van der Waals surface area contributed by atoms with Crippen LogP contribution < -0.4 is 4.74 Å². The van der Waals surface area contributed by atoms with Crippen LogP contribution in [-0.4, -0.2) is 12.1 Å². The zero-order chi connectivity index (χ0) is 18.7. The molecule has 130 valence electrons. The number of hydrogen-bond acceptors (Lipinski definition) is 3. The van der Waals surface area contributed by atoms with Crippen molar-refractivity contribution in [3.05, 3.63) is 71.9 Å². The van der Waals surface area contributed by atoms with Crippen molar-refractivity contribution < 1.29 is 4.74 Å². The minimum absolute atomic E-state index is 0.239. The Morgan fingerprint density at radius 1 is 0.923 bits per heavy atom. The van der Waals surface area contributed by atoms with Gasteiger partial charge in [0.15, 0.2) is 0 Å². The topological polar surface area (TPSA) is 45.9 Å². The van der Waals surface area contributed by atoms with Crippen LogP contribution in [0, 0.1) is 11.3 Å². The lowest BCUT2D eigenvalue weighted by Gasteiger charge is -2.22. The molecular formula is C23H22N2O. The number of ether oxygens (including phenoxy) is 1. The van der Waals surface area contributed by atoms with E-state index in [0.717, 1.165) is 33.8 Å². The summed E-state index contributed by atoms with van der Waals surface area (Å²) >= 11 is 0. The van der Waals surface area contributed by atoms with Crippen LogP contribution in [0.2, 0.25) is 0 Å². The number of rotatable bonds is 3. The van der Waals surface area contributed by atoms with Gasteiger partial charge in [-0.15, -0.1) is 0 Å². The number of aromatic nitrogens is 1. The second-order valence-corrected chi connectivity index (χ2v) is 7.23. The van der Waals surface area contributed by atoms with Gasteiger partial charge in [0.05, 0.1) is 24.1 Å². The van der Waals surface area contributed by atoms with E-state index in [2.05, 4.69) is 26.8 Å². The van der Waals surface area contributed by atoms with Gasteiger partial charge in [0.25, 0.3) is 0 Å². The fourth-order valence-electron chi connectivity index (χ4n) is 2.96. The zero-order valence-electron chi connectivity index (χ0n) is 15.6. The van der Waals surface area contributed by atoms with E-state index in [-0.39, 0.29) is 5.41 Å². The van der Waals surface area contributed by atoms with Gasteiger partial charge in [-0.1, -0.05) is 63.2 Å². The van der Waals surface area contributed by atoms with Crippen LogP contribution in [0.5, 0.6) is 5.75 Å². The third-order valence-electron chi connectivity index (χ3n) is 4.31. The predicted octanol–water partition coefficient (Wildman–Crippen LogP) is 5.59. The van der Waals surface area contributed by atoms with Crippen molar-refractivity contribution in [1.82, 2.24) is 4.98 Å². The third kappa shape index (κ3) is 3.45. The van der Waals surface area contributed by atoms with E-state index >= 15 is 0 Å². The third-order valence-corrected chi connectivity index (χ3v) is 4.31. The Bertz CT molecular complexity index is 946. The normalized spacial score (nSPS) is 11.0. The van der Waals surface area contributed by atoms with Crippen molar-refractivity contribution in [1.29, 1.82) is 5.26 Å². The molecule has 0 radical (unpaired) electrons. The van der Waals surface area contributed by atoms with Gasteiger partial charge < -0.3 is 4.74 Å². The lowest BCUT2D eigenvalue weighted by molar-refractivity contribution is 0.415. The minimum atomic E-state index is -0.239. The van der Waals surface area contributed by atoms with Crippen LogP contribution in [0.1, 0.15) is 32.0 Å². The van der Waals surface area contributed by atoms with Crippen LogP contribution >= 0.6 is 0 Å². The van der Waals surface area contributed by atoms with E-state index in [1.54, 1.807) is 7.11 Å². The largest absolute Gasteiger partial charge is 0.497 e. The van der Waals surface area contributed by atoms with Gasteiger partial charge in [-0.3, -0.25) is 4.98 Å². The summed E-state index contributed by atoms with van der Waals surface area (Å²) in [5, 5.41) is 9.87. The summed E-state index contributed by atoms with van der Waals surface area (Å²) in [6, 6.07) is 22.2. The Labute approximate surface area is 154 Å². The van der Waals surface area contributed by atoms with E-state index in [1.165, 1.54) is 0 Å². The van der Waals surface area contributed by atoms with Crippen LogP contribution in [-0.2, 0) is 5.41 Å². The molecule has 0 saturated carbocycles. The standard InChI is InChI=1S/C23H22N2O/c1-23(2,3)22-20(15-24)19(16-10-12-18(26-4)13-11-16)14-21(25-22)17-8-6-5-7-9-17/h5-14H,1-4H3. The highest BCUT2D eigenvalue weighted by Crippen LogP contribution is 2.35. The van der Waals surface area contributed by atoms with Crippen molar-refractivity contribution >= 4 is 0 Å². The van der Waals surface area contributed by atoms with Gasteiger partial charge in [0, 0.05) is 16.5 Å². The lowest BCUT2D eigenvalue weighted by atomic mass is 9.85. The first kappa shape index (κ1) is 17.7. The fourth-order valence-corrected chi connectivity index (χ4v) is 2.96. The molecular weight excluding hydrogens is 320 g/mol. The fraction of sp³-hybridized carbons (Fsp3) is 0.217. The van der Waals surface area contributed by atoms with Crippen molar-refractivity contribution in [3.63, 3.8) is 0 Å². The number of hydrogen-bond donors (Lipinski definition) is 0. The van der Waals surface area contributed by atoms with Crippen molar-refractivity contribution in [3.8, 4) is 34.2 Å². The Hall–Kier alpha value is -3.12. The summed E-state index contributed by atoms with van der Waals surface area (Å²) in [5.41, 5.74) is 4.99. The number of nitrogens with zero attached hydrogens (tertiary/aromatic N) is 2. The lowest BCUT2D eigenvalue weighted by Crippen LogP contribution is -2.17. The summed E-state index contributed by atoms with van der Waals surface area (Å²) in [6.07, 6.45) is 0. The molecule has 3 aromatic rings. The van der Waals surface area contributed by atoms with Gasteiger partial charge in [-0.05, 0) is 23.8 Å². The first-order valence-corrected chi connectivity index (χ1v) is 8.59. The van der Waals surface area contributed by atoms with Crippen molar-refractivity contribution in [2.75, 3.05) is 7.11 Å². The van der Waals surface area contributed by atoms with E-state index in [4.69, 9.17) is 9.72 Å². The first-order valence-electron chi connectivity index (χ1n) is 8.59. The van der Waals surface area contributed by atoms with Crippen molar-refractivity contribution in [2.45, 2.75) is 26.2 Å². The van der Waals surface area contributed by atoms with Gasteiger partial charge in [-0.2, -0.15) is 5.26 Å². The van der Waals surface area contributed by atoms with Crippen LogP contribution in [0.15, 0.2) is 60.7 Å². The van der Waals surface area contributed by atoms with E-state index in [0.29, 0.717) is 5.56 Å². The molecule has 0 fully saturated rings. The number of benzene rings is 2. The highest BCUT2D eigenvalue weighted by molar-refractivity contribution is 5.77. The molecule has 0 saturated heterocycles. The molecule has 3 nitrogen and oxygen atoms in total. The molecule has 3 heteroatoms. The van der Waals surface area contributed by atoms with Gasteiger partial charge in [0.1, 0.15) is 11.8 Å². The molecule has 1 aromatic heterocycles. The van der Waals surface area contributed by atoms with E-state index in [9.17, 15) is 5.26 Å². The maximum atomic E-state index is 9.87. The minimum Gasteiger partial charge on any atom is -0.497 e. The maximum Gasteiger partial charge on any atom is 0.118 e. The Balaban J connectivity index is 2.29. The molecule has 26 heavy (non-hydrogen) atoms. The van der Waals surface area contributed by atoms with Gasteiger partial charge in [0.2, 0.25) is 0 Å². The van der Waals surface area contributed by atoms with Gasteiger partial charge >= 0.3 is 0 Å². The SMILES string of the molecule is COc1ccc(-c2cc(-c3ccccc3)nc(C(C)(C)C)c2C#N)cc1. The smallest absolute Gasteiger partial charge is 0.118 e. The molecule has 1 heterocycles. The van der Waals surface area contributed by atoms with E-state index in [1.807, 2.05) is 60.7 Å². The Kier molecular flexibility index (Phi) is 4.77. The molecule has 0 aliphatic carbocycles. The number of nitriles is 1. The monoisotopic (exact) mass is 342 g/mol. The van der Waals surface area contributed by atoms with Crippen LogP contribution in [0.4, 0.5) is 0 Å². The predicted molar refractivity (Wildman–Crippen MR) is 105 cm³/mol. The molecule has 0 amide bonds. The average Bonchev–Trinajstić information content (AvgIpc) is 2.67.